The van der Waals surface area contributed by atoms with E-state index in [4.69, 9.17) is 10.5 Å². The van der Waals surface area contributed by atoms with E-state index in [0.717, 1.165) is 11.3 Å². The number of nitrogens with one attached hydrogen (secondary N) is 3. The lowest BCUT2D eigenvalue weighted by molar-refractivity contribution is -0.121. The van der Waals surface area contributed by atoms with E-state index in [-0.39, 0.29) is 11.8 Å². The number of anilines is 1. The number of benzene rings is 3. The van der Waals surface area contributed by atoms with Crippen molar-refractivity contribution >= 4 is 29.9 Å². The molecule has 2 amide bonds. The lowest BCUT2D eigenvalue weighted by atomic mass is 10.1. The predicted molar refractivity (Wildman–Crippen MR) is 137 cm³/mol. The maximum atomic E-state index is 12.2. The van der Waals surface area contributed by atoms with Crippen LogP contribution in [0.2, 0.25) is 0 Å². The monoisotopic (exact) mass is 477 g/mol. The van der Waals surface area contributed by atoms with Crippen LogP contribution in [0.1, 0.15) is 45.5 Å². The second-order valence-corrected chi connectivity index (χ2v) is 7.57. The third kappa shape index (κ3) is 8.25. The number of hydrogen-bond donors (Lipinski definition) is 3. The Hall–Kier alpha value is -5.28. The third-order valence-corrected chi connectivity index (χ3v) is 4.87. The average Bonchev–Trinajstić information content (AvgIpc) is 2.91. The van der Waals surface area contributed by atoms with Crippen LogP contribution in [0.15, 0.2) is 83.0 Å². The molecule has 178 valence electrons. The summed E-state index contributed by atoms with van der Waals surface area (Å²) in [5.41, 5.74) is 8.67. The van der Waals surface area contributed by atoms with E-state index in [1.807, 2.05) is 6.07 Å². The minimum Gasteiger partial charge on any atom is -0.385 e. The summed E-state index contributed by atoms with van der Waals surface area (Å²) in [6.45, 7) is 0.568. The highest BCUT2D eigenvalue weighted by atomic mass is 16.2. The van der Waals surface area contributed by atoms with Crippen LogP contribution in [0, 0.1) is 22.7 Å². The molecule has 0 unspecified atom stereocenters. The van der Waals surface area contributed by atoms with Crippen LogP contribution in [0.3, 0.4) is 0 Å². The van der Waals surface area contributed by atoms with Crippen molar-refractivity contribution in [3.8, 4) is 12.1 Å². The zero-order chi connectivity index (χ0) is 25.6. The predicted octanol–water partition coefficient (Wildman–Crippen LogP) is 3.54. The molecule has 9 heteroatoms. The van der Waals surface area contributed by atoms with E-state index in [1.165, 1.54) is 12.4 Å². The highest BCUT2D eigenvalue weighted by Gasteiger charge is 2.04. The Morgan fingerprint density at radius 2 is 1.39 bits per heavy atom. The largest absolute Gasteiger partial charge is 0.385 e. The Bertz CT molecular complexity index is 1350. The smallest absolute Gasteiger partial charge is 0.271 e. The molecule has 3 aromatic carbocycles. The molecule has 0 heterocycles. The quantitative estimate of drug-likeness (QED) is 0.233. The van der Waals surface area contributed by atoms with Crippen molar-refractivity contribution in [3.05, 3.63) is 101 Å². The van der Waals surface area contributed by atoms with Crippen LogP contribution in [-0.2, 0) is 4.79 Å². The minimum absolute atomic E-state index is 0.212. The Morgan fingerprint density at radius 1 is 0.806 bits per heavy atom. The van der Waals surface area contributed by atoms with Crippen molar-refractivity contribution < 1.29 is 9.59 Å². The standard InChI is InChI=1S/C27H23N7O2/c28-16-20-4-1-6-22(14-20)18-31-33-26(35)8-3-13-30-25-11-9-24(10-12-25)27(36)34-32-19-23-7-2-5-21(15-23)17-29/h1-2,4-7,9-12,14-15,18-19,30H,3,8,13H2,(H,33,35)(H,34,36). The van der Waals surface area contributed by atoms with Crippen molar-refractivity contribution in [1.29, 1.82) is 10.5 Å². The van der Waals surface area contributed by atoms with Crippen LogP contribution < -0.4 is 16.2 Å². The molecule has 0 saturated heterocycles. The van der Waals surface area contributed by atoms with Gasteiger partial charge < -0.3 is 5.32 Å². The fraction of sp³-hybridized carbons (Fsp3) is 0.111. The molecule has 0 fully saturated rings. The summed E-state index contributed by atoms with van der Waals surface area (Å²) < 4.78 is 0. The summed E-state index contributed by atoms with van der Waals surface area (Å²) in [7, 11) is 0. The minimum atomic E-state index is -0.356. The number of nitriles is 2. The summed E-state index contributed by atoms with van der Waals surface area (Å²) in [5.74, 6) is -0.567. The Balaban J connectivity index is 1.36. The molecule has 9 nitrogen and oxygen atoms in total. The van der Waals surface area contributed by atoms with Crippen molar-refractivity contribution in [3.63, 3.8) is 0 Å². The molecule has 0 bridgehead atoms. The molecule has 3 aromatic rings. The van der Waals surface area contributed by atoms with Gasteiger partial charge in [-0.2, -0.15) is 20.7 Å². The zero-order valence-corrected chi connectivity index (χ0v) is 19.3. The summed E-state index contributed by atoms with van der Waals surface area (Å²) in [6, 6.07) is 24.8. The first kappa shape index (κ1) is 25.3. The van der Waals surface area contributed by atoms with Crippen molar-refractivity contribution in [2.75, 3.05) is 11.9 Å². The van der Waals surface area contributed by atoms with Gasteiger partial charge in [0.15, 0.2) is 0 Å². The number of carbonyl (C=O) groups is 2. The van der Waals surface area contributed by atoms with Crippen molar-refractivity contribution in [2.24, 2.45) is 10.2 Å². The maximum absolute atomic E-state index is 12.2. The van der Waals surface area contributed by atoms with Crippen LogP contribution in [0.25, 0.3) is 0 Å². The molecule has 3 N–H and O–H groups in total. The summed E-state index contributed by atoms with van der Waals surface area (Å²) in [4.78, 5) is 24.2. The van der Waals surface area contributed by atoms with E-state index in [0.29, 0.717) is 41.6 Å². The van der Waals surface area contributed by atoms with Crippen LogP contribution in [0.5, 0.6) is 0 Å². The van der Waals surface area contributed by atoms with Gasteiger partial charge >= 0.3 is 0 Å². The number of nitrogens with zero attached hydrogens (tertiary/aromatic N) is 4. The number of rotatable bonds is 10. The van der Waals surface area contributed by atoms with Gasteiger partial charge in [0.1, 0.15) is 0 Å². The molecule has 0 aliphatic rings. The van der Waals surface area contributed by atoms with Gasteiger partial charge in [0.25, 0.3) is 5.91 Å². The third-order valence-electron chi connectivity index (χ3n) is 4.87. The maximum Gasteiger partial charge on any atom is 0.271 e. The van der Waals surface area contributed by atoms with Gasteiger partial charge in [0.2, 0.25) is 5.91 Å². The van der Waals surface area contributed by atoms with Gasteiger partial charge in [-0.05, 0) is 66.1 Å². The van der Waals surface area contributed by atoms with Crippen LogP contribution in [-0.4, -0.2) is 30.8 Å². The Morgan fingerprint density at radius 3 is 1.97 bits per heavy atom. The second-order valence-electron chi connectivity index (χ2n) is 7.57. The van der Waals surface area contributed by atoms with E-state index in [2.05, 4.69) is 32.4 Å². The van der Waals surface area contributed by atoms with Crippen molar-refractivity contribution in [1.82, 2.24) is 10.9 Å². The van der Waals surface area contributed by atoms with Gasteiger partial charge in [-0.25, -0.2) is 10.9 Å². The number of carbonyl (C=O) groups excluding carboxylic acids is 2. The molecule has 0 aliphatic heterocycles. The number of hydrogen-bond acceptors (Lipinski definition) is 7. The summed E-state index contributed by atoms with van der Waals surface area (Å²) in [6.07, 6.45) is 3.85. The molecular formula is C27H23N7O2. The average molecular weight is 478 g/mol. The molecule has 0 atom stereocenters. The topological polar surface area (TPSA) is 143 Å². The summed E-state index contributed by atoms with van der Waals surface area (Å²) >= 11 is 0. The molecular weight excluding hydrogens is 454 g/mol. The molecule has 0 spiro atoms. The van der Waals surface area contributed by atoms with E-state index >= 15 is 0 Å². The lowest BCUT2D eigenvalue weighted by Crippen LogP contribution is -2.18. The molecule has 0 aromatic heterocycles. The molecule has 0 radical (unpaired) electrons. The normalized spacial score (nSPS) is 10.5. The van der Waals surface area contributed by atoms with Gasteiger partial charge in [-0.15, -0.1) is 0 Å². The molecule has 0 saturated carbocycles. The van der Waals surface area contributed by atoms with Crippen LogP contribution >= 0.6 is 0 Å². The van der Waals surface area contributed by atoms with Crippen molar-refractivity contribution in [2.45, 2.75) is 12.8 Å². The fourth-order valence-corrected chi connectivity index (χ4v) is 3.06. The second kappa shape index (κ2) is 13.4. The van der Waals surface area contributed by atoms with Gasteiger partial charge in [0, 0.05) is 24.2 Å². The number of amides is 2. The highest BCUT2D eigenvalue weighted by molar-refractivity contribution is 5.95. The highest BCUT2D eigenvalue weighted by Crippen LogP contribution is 2.10. The van der Waals surface area contributed by atoms with E-state index < -0.39 is 0 Å². The Kier molecular flexibility index (Phi) is 9.46. The zero-order valence-electron chi connectivity index (χ0n) is 19.3. The Labute approximate surface area is 208 Å². The fourth-order valence-electron chi connectivity index (χ4n) is 3.06. The molecule has 0 aliphatic carbocycles. The van der Waals surface area contributed by atoms with E-state index in [1.54, 1.807) is 72.8 Å². The SMILES string of the molecule is N#Cc1cccc(C=NNC(=O)CCCNc2ccc(C(=O)NN=Cc3cccc(C#N)c3)cc2)c1. The van der Waals surface area contributed by atoms with Gasteiger partial charge in [-0.1, -0.05) is 24.3 Å². The first-order valence-electron chi connectivity index (χ1n) is 11.1. The number of hydrazone groups is 2. The van der Waals surface area contributed by atoms with Crippen LogP contribution in [0.4, 0.5) is 5.69 Å². The first-order chi connectivity index (χ1) is 17.6. The molecule has 36 heavy (non-hydrogen) atoms. The van der Waals surface area contributed by atoms with Gasteiger partial charge in [0.05, 0.1) is 35.7 Å². The van der Waals surface area contributed by atoms with Gasteiger partial charge in [-0.3, -0.25) is 9.59 Å². The summed E-state index contributed by atoms with van der Waals surface area (Å²) in [5, 5.41) is 28.9. The molecule has 3 rings (SSSR count). The lowest BCUT2D eigenvalue weighted by Gasteiger charge is -2.07. The first-order valence-corrected chi connectivity index (χ1v) is 11.1. The van der Waals surface area contributed by atoms with E-state index in [9.17, 15) is 9.59 Å².